The summed E-state index contributed by atoms with van der Waals surface area (Å²) in [7, 11) is -4.32. The van der Waals surface area contributed by atoms with Gasteiger partial charge in [0.15, 0.2) is 0 Å². The molecule has 1 rings (SSSR count). The van der Waals surface area contributed by atoms with Crippen LogP contribution in [0.25, 0.3) is 0 Å². The second-order valence-electron chi connectivity index (χ2n) is 2.03. The summed E-state index contributed by atoms with van der Waals surface area (Å²) in [4.78, 5) is -0.144. The van der Waals surface area contributed by atoms with Crippen LogP contribution in [0.15, 0.2) is 23.1 Å². The van der Waals surface area contributed by atoms with Gasteiger partial charge in [0.2, 0.25) is 0 Å². The fourth-order valence-electron chi connectivity index (χ4n) is 0.669. The van der Waals surface area contributed by atoms with Crippen LogP contribution in [0.5, 0.6) is 0 Å². The average molecular weight is 416 g/mol. The molecule has 3 nitrogen and oxygen atoms in total. The first-order valence-electron chi connectivity index (χ1n) is 2.82. The van der Waals surface area contributed by atoms with E-state index >= 15 is 0 Å². The SMILES string of the molecule is O=S(=O)([O-])c1cc(I)ccc1I.[Li+]. The molecule has 0 saturated heterocycles. The van der Waals surface area contributed by atoms with Crippen molar-refractivity contribution in [3.05, 3.63) is 25.3 Å². The molecule has 0 atom stereocenters. The largest absolute Gasteiger partial charge is 1.00 e. The minimum absolute atomic E-state index is 0. The van der Waals surface area contributed by atoms with E-state index in [2.05, 4.69) is 0 Å². The van der Waals surface area contributed by atoms with Gasteiger partial charge in [0.25, 0.3) is 0 Å². The Morgan fingerprint density at radius 2 is 1.77 bits per heavy atom. The molecule has 0 heterocycles. The van der Waals surface area contributed by atoms with Gasteiger partial charge >= 0.3 is 18.9 Å². The summed E-state index contributed by atoms with van der Waals surface area (Å²) >= 11 is 3.78. The van der Waals surface area contributed by atoms with E-state index in [1.54, 1.807) is 12.1 Å². The minimum Gasteiger partial charge on any atom is -0.744 e. The first kappa shape index (κ1) is 14.2. The van der Waals surface area contributed by atoms with E-state index in [0.29, 0.717) is 3.57 Å². The Morgan fingerprint density at radius 1 is 1.23 bits per heavy atom. The van der Waals surface area contributed by atoms with Gasteiger partial charge in [-0.1, -0.05) is 0 Å². The molecule has 0 N–H and O–H groups in total. The second-order valence-corrected chi connectivity index (χ2v) is 5.78. The van der Waals surface area contributed by atoms with Crippen LogP contribution in [-0.4, -0.2) is 13.0 Å². The van der Waals surface area contributed by atoms with Crippen molar-refractivity contribution in [2.24, 2.45) is 0 Å². The molecule has 1 aromatic carbocycles. The summed E-state index contributed by atoms with van der Waals surface area (Å²) in [5, 5.41) is 0. The van der Waals surface area contributed by atoms with Crippen molar-refractivity contribution in [3.8, 4) is 0 Å². The number of hydrogen-bond acceptors (Lipinski definition) is 3. The van der Waals surface area contributed by atoms with Crippen molar-refractivity contribution >= 4 is 55.3 Å². The molecule has 0 amide bonds. The van der Waals surface area contributed by atoms with E-state index < -0.39 is 10.1 Å². The average Bonchev–Trinajstić information content (AvgIpc) is 1.92. The molecule has 0 radical (unpaired) electrons. The van der Waals surface area contributed by atoms with Gasteiger partial charge in [-0.2, -0.15) is 0 Å². The molecular weight excluding hydrogens is 413 g/mol. The zero-order valence-corrected chi connectivity index (χ0v) is 11.8. The molecule has 0 aliphatic rings. The maximum absolute atomic E-state index is 10.6. The summed E-state index contributed by atoms with van der Waals surface area (Å²) in [6, 6.07) is 4.72. The van der Waals surface area contributed by atoms with Crippen molar-refractivity contribution in [2.45, 2.75) is 4.90 Å². The van der Waals surface area contributed by atoms with Gasteiger partial charge in [0.05, 0.1) is 4.90 Å². The van der Waals surface area contributed by atoms with E-state index in [9.17, 15) is 13.0 Å². The number of hydrogen-bond donors (Lipinski definition) is 0. The maximum atomic E-state index is 10.6. The summed E-state index contributed by atoms with van der Waals surface area (Å²) in [5.41, 5.74) is 0. The number of benzene rings is 1. The molecule has 0 saturated carbocycles. The van der Waals surface area contributed by atoms with Crippen LogP contribution in [0.1, 0.15) is 0 Å². The van der Waals surface area contributed by atoms with Gasteiger partial charge in [-0.25, -0.2) is 8.42 Å². The van der Waals surface area contributed by atoms with E-state index in [1.165, 1.54) is 6.07 Å². The van der Waals surface area contributed by atoms with Crippen LogP contribution < -0.4 is 18.9 Å². The Morgan fingerprint density at radius 3 is 2.15 bits per heavy atom. The molecule has 0 bridgehead atoms. The van der Waals surface area contributed by atoms with Crippen molar-refractivity contribution in [1.82, 2.24) is 0 Å². The van der Waals surface area contributed by atoms with Crippen LogP contribution in [0.3, 0.4) is 0 Å². The molecular formula is C6H3I2LiO3S. The summed E-state index contributed by atoms with van der Waals surface area (Å²) < 4.78 is 33.1. The summed E-state index contributed by atoms with van der Waals surface area (Å²) in [5.74, 6) is 0. The van der Waals surface area contributed by atoms with E-state index in [-0.39, 0.29) is 23.8 Å². The first-order chi connectivity index (χ1) is 5.41. The second kappa shape index (κ2) is 5.32. The van der Waals surface area contributed by atoms with Crippen molar-refractivity contribution in [2.75, 3.05) is 0 Å². The summed E-state index contributed by atoms with van der Waals surface area (Å²) in [6.45, 7) is 0. The topological polar surface area (TPSA) is 57.2 Å². The van der Waals surface area contributed by atoms with Crippen LogP contribution in [-0.2, 0) is 10.1 Å². The van der Waals surface area contributed by atoms with Gasteiger partial charge in [0.1, 0.15) is 10.1 Å². The number of halogens is 2. The smallest absolute Gasteiger partial charge is 0.744 e. The van der Waals surface area contributed by atoms with Crippen molar-refractivity contribution in [1.29, 1.82) is 0 Å². The van der Waals surface area contributed by atoms with Gasteiger partial charge in [-0.15, -0.1) is 0 Å². The standard InChI is InChI=1S/C6H4I2O3S.Li/c7-4-1-2-5(8)6(3-4)12(9,10)11;/h1-3H,(H,9,10,11);/q;+1/p-1. The van der Waals surface area contributed by atoms with E-state index in [1.807, 2.05) is 45.2 Å². The zero-order chi connectivity index (χ0) is 9.35. The third-order valence-electron chi connectivity index (χ3n) is 1.16. The Balaban J connectivity index is 0.00000144. The molecule has 66 valence electrons. The third kappa shape index (κ3) is 4.05. The van der Waals surface area contributed by atoms with Gasteiger partial charge in [-0.3, -0.25) is 0 Å². The predicted octanol–water partition coefficient (Wildman–Crippen LogP) is -1.20. The zero-order valence-electron chi connectivity index (χ0n) is 6.62. The third-order valence-corrected chi connectivity index (χ3v) is 4.02. The molecule has 0 spiro atoms. The molecule has 0 aromatic heterocycles. The fraction of sp³-hybridized carbons (Fsp3) is 0. The quantitative estimate of drug-likeness (QED) is 0.329. The minimum atomic E-state index is -4.32. The Kier molecular flexibility index (Phi) is 5.81. The van der Waals surface area contributed by atoms with Crippen LogP contribution in [0, 0.1) is 7.14 Å². The van der Waals surface area contributed by atoms with E-state index in [0.717, 1.165) is 3.57 Å². The monoisotopic (exact) mass is 416 g/mol. The number of rotatable bonds is 1. The van der Waals surface area contributed by atoms with Crippen molar-refractivity contribution < 1.29 is 31.8 Å². The molecule has 0 fully saturated rings. The van der Waals surface area contributed by atoms with Crippen LogP contribution in [0.2, 0.25) is 0 Å². The maximum Gasteiger partial charge on any atom is 1.00 e. The molecule has 7 heteroatoms. The van der Waals surface area contributed by atoms with Crippen LogP contribution >= 0.6 is 45.2 Å². The molecule has 1 aromatic rings. The normalized spacial score (nSPS) is 10.7. The fourth-order valence-corrected chi connectivity index (χ4v) is 3.09. The Hall–Kier alpha value is 1.19. The van der Waals surface area contributed by atoms with E-state index in [4.69, 9.17) is 0 Å². The molecule has 0 aliphatic carbocycles. The predicted molar refractivity (Wildman–Crippen MR) is 59.8 cm³/mol. The van der Waals surface area contributed by atoms with Gasteiger partial charge in [-0.05, 0) is 63.4 Å². The van der Waals surface area contributed by atoms with Crippen LogP contribution in [0.4, 0.5) is 0 Å². The molecule has 13 heavy (non-hydrogen) atoms. The Bertz CT molecular complexity index is 404. The van der Waals surface area contributed by atoms with Gasteiger partial charge in [0, 0.05) is 7.14 Å². The molecule has 0 unspecified atom stereocenters. The first-order valence-corrected chi connectivity index (χ1v) is 6.39. The Labute approximate surface area is 116 Å². The molecule has 0 aliphatic heterocycles. The van der Waals surface area contributed by atoms with Gasteiger partial charge < -0.3 is 4.55 Å². The summed E-state index contributed by atoms with van der Waals surface area (Å²) in [6.07, 6.45) is 0. The van der Waals surface area contributed by atoms with Crippen molar-refractivity contribution in [3.63, 3.8) is 0 Å².